The fourth-order valence-electron chi connectivity index (χ4n) is 2.67. The molecule has 0 unspecified atom stereocenters. The Morgan fingerprint density at radius 3 is 2.73 bits per heavy atom. The molecule has 1 aliphatic heterocycles. The Morgan fingerprint density at radius 1 is 1.27 bits per heavy atom. The molecule has 2 aliphatic rings. The van der Waals surface area contributed by atoms with Crippen molar-refractivity contribution >= 4 is 48.3 Å². The predicted octanol–water partition coefficient (Wildman–Crippen LogP) is 2.33. The van der Waals surface area contributed by atoms with E-state index in [0.29, 0.717) is 23.7 Å². The first-order valence-corrected chi connectivity index (χ1v) is 8.11. The van der Waals surface area contributed by atoms with E-state index >= 15 is 0 Å². The summed E-state index contributed by atoms with van der Waals surface area (Å²) in [7, 11) is 0. The molecule has 0 radical (unpaired) electrons. The molecule has 0 spiro atoms. The van der Waals surface area contributed by atoms with Crippen LogP contribution in [0.1, 0.15) is 31.4 Å². The van der Waals surface area contributed by atoms with Gasteiger partial charge in [0.15, 0.2) is 0 Å². The van der Waals surface area contributed by atoms with Gasteiger partial charge in [-0.1, -0.05) is 0 Å². The monoisotopic (exact) mass is 364 g/mol. The van der Waals surface area contributed by atoms with Gasteiger partial charge in [0.05, 0.1) is 16.3 Å². The quantitative estimate of drug-likeness (QED) is 0.766. The number of aromatic nitrogens is 1. The van der Waals surface area contributed by atoms with Gasteiger partial charge in [0.1, 0.15) is 5.82 Å². The van der Waals surface area contributed by atoms with Crippen molar-refractivity contribution in [3.8, 4) is 0 Å². The lowest BCUT2D eigenvalue weighted by molar-refractivity contribution is -0.113. The number of hydrogen-bond donors (Lipinski definition) is 3. The van der Waals surface area contributed by atoms with E-state index in [1.807, 2.05) is 12.1 Å². The van der Waals surface area contributed by atoms with Crippen LogP contribution < -0.4 is 16.4 Å². The van der Waals surface area contributed by atoms with E-state index in [0.717, 1.165) is 42.8 Å². The number of fused-ring (bicyclic) bond motifs is 1. The first-order chi connectivity index (χ1) is 9.70. The normalized spacial score (nSPS) is 23.6. The van der Waals surface area contributed by atoms with Crippen LogP contribution in [-0.2, 0) is 11.3 Å². The number of thioether (sulfide) groups is 1. The molecule has 1 aromatic heterocycles. The van der Waals surface area contributed by atoms with Gasteiger partial charge in [-0.25, -0.2) is 4.98 Å². The van der Waals surface area contributed by atoms with Gasteiger partial charge in [-0.3, -0.25) is 4.79 Å². The molecule has 1 amide bonds. The number of nitrogens with zero attached hydrogens (tertiary/aromatic N) is 1. The second-order valence-corrected chi connectivity index (χ2v) is 6.50. The maximum Gasteiger partial charge on any atom is 0.235 e. The van der Waals surface area contributed by atoms with E-state index in [9.17, 15) is 4.79 Å². The van der Waals surface area contributed by atoms with Gasteiger partial charge >= 0.3 is 0 Å². The maximum atomic E-state index is 11.4. The molecule has 0 bridgehead atoms. The summed E-state index contributed by atoms with van der Waals surface area (Å²) in [6.07, 6.45) is 4.47. The number of nitrogens with one attached hydrogen (secondary N) is 2. The summed E-state index contributed by atoms with van der Waals surface area (Å²) in [6, 6.07) is 4.99. The van der Waals surface area contributed by atoms with E-state index in [1.54, 1.807) is 11.8 Å². The fourth-order valence-corrected chi connectivity index (χ4v) is 3.43. The van der Waals surface area contributed by atoms with Crippen molar-refractivity contribution in [2.24, 2.45) is 5.73 Å². The Kier molecular flexibility index (Phi) is 7.93. The minimum Gasteiger partial charge on any atom is -0.328 e. The maximum absolute atomic E-state index is 11.4. The lowest BCUT2D eigenvalue weighted by Gasteiger charge is -2.27. The lowest BCUT2D eigenvalue weighted by atomic mass is 9.92. The molecule has 1 fully saturated rings. The largest absolute Gasteiger partial charge is 0.328 e. The summed E-state index contributed by atoms with van der Waals surface area (Å²) < 4.78 is 0. The van der Waals surface area contributed by atoms with E-state index in [4.69, 9.17) is 5.73 Å². The highest BCUT2D eigenvalue weighted by Gasteiger charge is 2.19. The Hall–Kier alpha value is -0.530. The van der Waals surface area contributed by atoms with Crippen LogP contribution in [-0.4, -0.2) is 28.7 Å². The molecule has 1 saturated carbocycles. The number of hydrogen-bond acceptors (Lipinski definition) is 5. The molecule has 0 aromatic carbocycles. The summed E-state index contributed by atoms with van der Waals surface area (Å²) in [4.78, 5) is 16.9. The third-order valence-electron chi connectivity index (χ3n) is 3.88. The molecular formula is C14H22Cl2N4OS. The van der Waals surface area contributed by atoms with Gasteiger partial charge < -0.3 is 16.4 Å². The number of anilines is 1. The van der Waals surface area contributed by atoms with Crippen LogP contribution in [0.2, 0.25) is 0 Å². The molecule has 22 heavy (non-hydrogen) atoms. The van der Waals surface area contributed by atoms with Gasteiger partial charge in [-0.15, -0.1) is 36.6 Å². The van der Waals surface area contributed by atoms with Crippen molar-refractivity contribution < 1.29 is 4.79 Å². The second kappa shape index (κ2) is 8.93. The van der Waals surface area contributed by atoms with Crippen LogP contribution in [0.3, 0.4) is 0 Å². The fraction of sp³-hybridized carbons (Fsp3) is 0.571. The van der Waals surface area contributed by atoms with E-state index < -0.39 is 0 Å². The summed E-state index contributed by atoms with van der Waals surface area (Å²) >= 11 is 1.54. The van der Waals surface area contributed by atoms with Crippen molar-refractivity contribution in [2.75, 3.05) is 11.1 Å². The zero-order valence-corrected chi connectivity index (χ0v) is 14.7. The highest BCUT2D eigenvalue weighted by Crippen LogP contribution is 2.29. The number of nitrogens with two attached hydrogens (primary N) is 1. The smallest absolute Gasteiger partial charge is 0.235 e. The molecule has 4 N–H and O–H groups in total. The Bertz CT molecular complexity index is 510. The van der Waals surface area contributed by atoms with Crippen LogP contribution in [0.4, 0.5) is 5.82 Å². The second-order valence-electron chi connectivity index (χ2n) is 5.48. The van der Waals surface area contributed by atoms with Crippen LogP contribution in [0.15, 0.2) is 17.0 Å². The molecule has 8 heteroatoms. The minimum atomic E-state index is 0. The van der Waals surface area contributed by atoms with Crippen molar-refractivity contribution in [3.63, 3.8) is 0 Å². The summed E-state index contributed by atoms with van der Waals surface area (Å²) in [5, 5.41) is 6.37. The number of pyridine rings is 1. The third-order valence-corrected chi connectivity index (χ3v) is 4.92. The van der Waals surface area contributed by atoms with Crippen LogP contribution in [0.25, 0.3) is 0 Å². The first kappa shape index (κ1) is 19.5. The summed E-state index contributed by atoms with van der Waals surface area (Å²) in [5.74, 6) is 1.21. The van der Waals surface area contributed by atoms with Crippen molar-refractivity contribution in [1.82, 2.24) is 10.3 Å². The van der Waals surface area contributed by atoms with Gasteiger partial charge in [-0.2, -0.15) is 0 Å². The molecule has 2 heterocycles. The molecular weight excluding hydrogens is 343 g/mol. The molecule has 3 rings (SSSR count). The van der Waals surface area contributed by atoms with E-state index in [1.165, 1.54) is 0 Å². The van der Waals surface area contributed by atoms with Gasteiger partial charge in [-0.05, 0) is 37.8 Å². The molecule has 0 atom stereocenters. The average molecular weight is 365 g/mol. The summed E-state index contributed by atoms with van der Waals surface area (Å²) in [5.41, 5.74) is 6.88. The Balaban J connectivity index is 0.00000121. The Labute approximate surface area is 147 Å². The van der Waals surface area contributed by atoms with Crippen molar-refractivity contribution in [2.45, 2.75) is 49.2 Å². The molecule has 0 saturated heterocycles. The van der Waals surface area contributed by atoms with Crippen LogP contribution >= 0.6 is 36.6 Å². The number of halogens is 2. The molecule has 124 valence electrons. The zero-order chi connectivity index (χ0) is 13.9. The third kappa shape index (κ3) is 4.99. The van der Waals surface area contributed by atoms with Crippen LogP contribution in [0.5, 0.6) is 0 Å². The Morgan fingerprint density at radius 2 is 2.00 bits per heavy atom. The number of carbonyl (C=O) groups excluding carboxylic acids is 1. The highest BCUT2D eigenvalue weighted by atomic mass is 35.5. The number of carbonyl (C=O) groups is 1. The average Bonchev–Trinajstić information content (AvgIpc) is 2.46. The van der Waals surface area contributed by atoms with Gasteiger partial charge in [0.2, 0.25) is 5.91 Å². The van der Waals surface area contributed by atoms with Crippen molar-refractivity contribution in [3.05, 3.63) is 17.8 Å². The van der Waals surface area contributed by atoms with Gasteiger partial charge in [0.25, 0.3) is 0 Å². The molecule has 1 aliphatic carbocycles. The van der Waals surface area contributed by atoms with Crippen molar-refractivity contribution in [1.29, 1.82) is 0 Å². The lowest BCUT2D eigenvalue weighted by Crippen LogP contribution is -2.37. The standard InChI is InChI=1S/C14H20N4OS.2ClH/c15-9-1-3-10(4-2-9)16-7-11-5-6-12-14(17-11)18-13(19)8-20-12;;/h5-6,9-10,16H,1-4,7-8,15H2,(H,17,18,19);2*1H. The zero-order valence-electron chi connectivity index (χ0n) is 12.2. The predicted molar refractivity (Wildman–Crippen MR) is 95.2 cm³/mol. The number of rotatable bonds is 3. The topological polar surface area (TPSA) is 80.0 Å². The summed E-state index contributed by atoms with van der Waals surface area (Å²) in [6.45, 7) is 0.744. The van der Waals surface area contributed by atoms with Gasteiger partial charge in [0, 0.05) is 18.6 Å². The molecule has 5 nitrogen and oxygen atoms in total. The molecule has 1 aromatic rings. The van der Waals surface area contributed by atoms with E-state index in [2.05, 4.69) is 15.6 Å². The number of amides is 1. The van der Waals surface area contributed by atoms with Crippen LogP contribution in [0, 0.1) is 0 Å². The SMILES string of the molecule is Cl.Cl.NC1CCC(NCc2ccc3c(n2)NC(=O)CS3)CC1. The minimum absolute atomic E-state index is 0. The first-order valence-electron chi connectivity index (χ1n) is 7.12. The van der Waals surface area contributed by atoms with E-state index in [-0.39, 0.29) is 30.7 Å². The highest BCUT2D eigenvalue weighted by molar-refractivity contribution is 8.00.